The summed E-state index contributed by atoms with van der Waals surface area (Å²) in [5.74, 6) is 2.26. The van der Waals surface area contributed by atoms with Gasteiger partial charge in [0.25, 0.3) is 0 Å². The molecule has 5 heterocycles. The van der Waals surface area contributed by atoms with Gasteiger partial charge in [0.15, 0.2) is 0 Å². The van der Waals surface area contributed by atoms with E-state index in [-0.39, 0.29) is 0 Å². The molecule has 4 aliphatic rings. The monoisotopic (exact) mass is 382 g/mol. The second kappa shape index (κ2) is 6.95. The third-order valence-corrected chi connectivity index (χ3v) is 7.64. The van der Waals surface area contributed by atoms with Gasteiger partial charge in [-0.05, 0) is 61.0 Å². The molecule has 0 saturated carbocycles. The fraction of sp³-hybridized carbons (Fsp3) is 0.500. The van der Waals surface area contributed by atoms with Crippen molar-refractivity contribution in [3.8, 4) is 5.75 Å². The highest BCUT2D eigenvalue weighted by molar-refractivity contribution is 7.10. The second-order valence-electron chi connectivity index (χ2n) is 8.04. The molecule has 2 bridgehead atoms. The van der Waals surface area contributed by atoms with Crippen molar-refractivity contribution in [2.75, 3.05) is 26.7 Å². The lowest BCUT2D eigenvalue weighted by atomic mass is 9.75. The average Bonchev–Trinajstić information content (AvgIpc) is 3.38. The summed E-state index contributed by atoms with van der Waals surface area (Å²) in [7, 11) is 1.71. The molecule has 0 spiro atoms. The van der Waals surface area contributed by atoms with Gasteiger partial charge in [-0.1, -0.05) is 18.2 Å². The summed E-state index contributed by atoms with van der Waals surface area (Å²) in [5, 5.41) is 2.06. The summed E-state index contributed by atoms with van der Waals surface area (Å²) < 4.78 is 5.33. The number of carbonyl (C=O) groups is 1. The summed E-state index contributed by atoms with van der Waals surface area (Å²) in [4.78, 5) is 19.3. The Balaban J connectivity index is 1.45. The van der Waals surface area contributed by atoms with Gasteiger partial charge < -0.3 is 9.64 Å². The van der Waals surface area contributed by atoms with Crippen LogP contribution in [0.5, 0.6) is 5.75 Å². The highest BCUT2D eigenvalue weighted by Gasteiger charge is 2.54. The normalized spacial score (nSPS) is 31.7. The lowest BCUT2D eigenvalue weighted by molar-refractivity contribution is -0.135. The maximum atomic E-state index is 13.2. The zero-order valence-electron chi connectivity index (χ0n) is 15.7. The van der Waals surface area contributed by atoms with E-state index >= 15 is 0 Å². The second-order valence-corrected chi connectivity index (χ2v) is 9.07. The molecule has 0 radical (unpaired) electrons. The topological polar surface area (TPSA) is 32.8 Å². The van der Waals surface area contributed by atoms with Gasteiger partial charge in [0.1, 0.15) is 5.75 Å². The Bertz CT molecular complexity index is 796. The third-order valence-electron chi connectivity index (χ3n) is 6.76. The lowest BCUT2D eigenvalue weighted by Gasteiger charge is -2.51. The molecule has 1 amide bonds. The summed E-state index contributed by atoms with van der Waals surface area (Å²) in [6.07, 6.45) is 3.02. The Morgan fingerprint density at radius 2 is 1.93 bits per heavy atom. The highest BCUT2D eigenvalue weighted by Crippen LogP contribution is 2.46. The van der Waals surface area contributed by atoms with E-state index in [9.17, 15) is 4.79 Å². The van der Waals surface area contributed by atoms with Gasteiger partial charge in [-0.3, -0.25) is 9.69 Å². The van der Waals surface area contributed by atoms with Crippen molar-refractivity contribution in [1.82, 2.24) is 9.80 Å². The van der Waals surface area contributed by atoms with Crippen LogP contribution in [0.15, 0.2) is 41.8 Å². The average molecular weight is 383 g/mol. The molecule has 6 rings (SSSR count). The predicted octanol–water partition coefficient (Wildman–Crippen LogP) is 3.39. The van der Waals surface area contributed by atoms with E-state index in [0.717, 1.165) is 12.3 Å². The van der Waals surface area contributed by atoms with Crippen LogP contribution in [-0.4, -0.2) is 54.5 Å². The van der Waals surface area contributed by atoms with E-state index in [0.29, 0.717) is 36.2 Å². The molecule has 1 aromatic heterocycles. The third kappa shape index (κ3) is 2.97. The first-order chi connectivity index (χ1) is 13.2. The number of hydrogen-bond donors (Lipinski definition) is 0. The number of fused-ring (bicyclic) bond motifs is 2. The van der Waals surface area contributed by atoms with Crippen LogP contribution in [0, 0.1) is 5.92 Å². The Hall–Kier alpha value is -1.85. The van der Waals surface area contributed by atoms with E-state index in [1.165, 1.54) is 36.4 Å². The largest absolute Gasteiger partial charge is 0.497 e. The first kappa shape index (κ1) is 17.3. The van der Waals surface area contributed by atoms with Crippen LogP contribution in [0.1, 0.15) is 29.2 Å². The number of rotatable bonds is 4. The van der Waals surface area contributed by atoms with Crippen molar-refractivity contribution in [3.63, 3.8) is 0 Å². The van der Waals surface area contributed by atoms with Crippen LogP contribution >= 0.6 is 11.3 Å². The number of amides is 1. The van der Waals surface area contributed by atoms with Crippen LogP contribution in [-0.2, 0) is 11.2 Å². The van der Waals surface area contributed by atoms with Gasteiger partial charge in [0.05, 0.1) is 19.6 Å². The minimum atomic E-state index is 0.303. The molecule has 4 aliphatic heterocycles. The van der Waals surface area contributed by atoms with Crippen molar-refractivity contribution in [3.05, 3.63) is 52.2 Å². The quantitative estimate of drug-likeness (QED) is 0.813. The van der Waals surface area contributed by atoms with Gasteiger partial charge >= 0.3 is 0 Å². The maximum absolute atomic E-state index is 13.2. The standard InChI is InChI=1S/C22H26N2O2S/c1-26-17-6-4-15(5-7-17)19-14-24(20(25)13-18-3-2-12-27-18)21-16-8-10-23(11-9-16)22(19)21/h2-7,12,16,19,21-22H,8-11,13-14H2,1H3/t19-,21+,22+/m0/s1. The molecule has 0 unspecified atom stereocenters. The molecular weight excluding hydrogens is 356 g/mol. The first-order valence-electron chi connectivity index (χ1n) is 9.94. The van der Waals surface area contributed by atoms with Gasteiger partial charge in [0, 0.05) is 23.4 Å². The number of thiophene rings is 1. The molecular formula is C22H26N2O2S. The van der Waals surface area contributed by atoms with E-state index in [2.05, 4.69) is 45.5 Å². The molecule has 5 heteroatoms. The van der Waals surface area contributed by atoms with Gasteiger partial charge in [0.2, 0.25) is 5.91 Å². The molecule has 4 fully saturated rings. The van der Waals surface area contributed by atoms with Crippen LogP contribution < -0.4 is 4.74 Å². The number of carbonyl (C=O) groups excluding carboxylic acids is 1. The van der Waals surface area contributed by atoms with E-state index in [4.69, 9.17) is 4.74 Å². The molecule has 0 aliphatic carbocycles. The number of hydrogen-bond acceptors (Lipinski definition) is 4. The Morgan fingerprint density at radius 1 is 1.15 bits per heavy atom. The molecule has 27 heavy (non-hydrogen) atoms. The molecule has 4 saturated heterocycles. The number of nitrogens with zero attached hydrogens (tertiary/aromatic N) is 2. The lowest BCUT2D eigenvalue weighted by Crippen LogP contribution is -2.60. The van der Waals surface area contributed by atoms with Crippen molar-refractivity contribution in [2.24, 2.45) is 5.92 Å². The Kier molecular flexibility index (Phi) is 4.44. The van der Waals surface area contributed by atoms with E-state index < -0.39 is 0 Å². The van der Waals surface area contributed by atoms with Crippen molar-refractivity contribution in [2.45, 2.75) is 37.3 Å². The molecule has 142 valence electrons. The number of methoxy groups -OCH3 is 1. The zero-order valence-corrected chi connectivity index (χ0v) is 16.5. The van der Waals surface area contributed by atoms with E-state index in [1.54, 1.807) is 18.4 Å². The zero-order chi connectivity index (χ0) is 18.4. The minimum Gasteiger partial charge on any atom is -0.497 e. The SMILES string of the molecule is COc1ccc([C@@H]2CN(C(=O)Cc3cccs3)[C@@H]3C4CCN(CC4)[C@@H]32)cc1. The van der Waals surface area contributed by atoms with Gasteiger partial charge in [-0.25, -0.2) is 0 Å². The summed E-state index contributed by atoms with van der Waals surface area (Å²) in [6, 6.07) is 13.5. The van der Waals surface area contributed by atoms with Crippen molar-refractivity contribution >= 4 is 17.2 Å². The molecule has 0 N–H and O–H groups in total. The van der Waals surface area contributed by atoms with Crippen molar-refractivity contribution < 1.29 is 9.53 Å². The predicted molar refractivity (Wildman–Crippen MR) is 107 cm³/mol. The number of piperidine rings is 3. The van der Waals surface area contributed by atoms with Crippen LogP contribution in [0.3, 0.4) is 0 Å². The van der Waals surface area contributed by atoms with Crippen LogP contribution in [0.25, 0.3) is 0 Å². The smallest absolute Gasteiger partial charge is 0.228 e. The maximum Gasteiger partial charge on any atom is 0.228 e. The van der Waals surface area contributed by atoms with Gasteiger partial charge in [-0.15, -0.1) is 11.3 Å². The van der Waals surface area contributed by atoms with E-state index in [1.807, 2.05) is 6.07 Å². The molecule has 1 aromatic carbocycles. The first-order valence-corrected chi connectivity index (χ1v) is 10.8. The fourth-order valence-corrected chi connectivity index (χ4v) is 6.21. The molecule has 2 aromatic rings. The Labute approximate surface area is 164 Å². The summed E-state index contributed by atoms with van der Waals surface area (Å²) >= 11 is 1.68. The highest BCUT2D eigenvalue weighted by atomic mass is 32.1. The fourth-order valence-electron chi connectivity index (χ4n) is 5.51. The summed E-state index contributed by atoms with van der Waals surface area (Å²) in [5.41, 5.74) is 1.34. The minimum absolute atomic E-state index is 0.303. The molecule has 3 atom stereocenters. The summed E-state index contributed by atoms with van der Waals surface area (Å²) in [6.45, 7) is 3.22. The number of likely N-dealkylation sites (tertiary alicyclic amines) is 1. The number of ether oxygens (including phenoxy) is 1. The Morgan fingerprint density at radius 3 is 2.59 bits per heavy atom. The van der Waals surface area contributed by atoms with Crippen LogP contribution in [0.2, 0.25) is 0 Å². The van der Waals surface area contributed by atoms with Gasteiger partial charge in [-0.2, -0.15) is 0 Å². The molecule has 4 nitrogen and oxygen atoms in total. The number of benzene rings is 1. The van der Waals surface area contributed by atoms with Crippen LogP contribution in [0.4, 0.5) is 0 Å². The van der Waals surface area contributed by atoms with Crippen molar-refractivity contribution in [1.29, 1.82) is 0 Å².